The van der Waals surface area contributed by atoms with Gasteiger partial charge in [-0.3, -0.25) is 4.79 Å². The summed E-state index contributed by atoms with van der Waals surface area (Å²) in [4.78, 5) is 16.1. The van der Waals surface area contributed by atoms with Crippen molar-refractivity contribution in [2.45, 2.75) is 19.2 Å². The molecule has 1 unspecified atom stereocenters. The number of nitrogens with zero attached hydrogens (tertiary/aromatic N) is 2. The van der Waals surface area contributed by atoms with Gasteiger partial charge in [0.1, 0.15) is 5.75 Å². The third kappa shape index (κ3) is 4.70. The van der Waals surface area contributed by atoms with E-state index >= 15 is 0 Å². The van der Waals surface area contributed by atoms with Crippen LogP contribution in [0.25, 0.3) is 0 Å². The monoisotopic (exact) mass is 412 g/mol. The number of anilines is 1. The van der Waals surface area contributed by atoms with Crippen molar-refractivity contribution >= 4 is 23.2 Å². The molecular weight excluding hydrogens is 393 g/mol. The molecule has 0 aliphatic carbocycles. The Labute approximate surface area is 166 Å². The predicted octanol–water partition coefficient (Wildman–Crippen LogP) is 4.47. The highest BCUT2D eigenvalue weighted by Crippen LogP contribution is 2.32. The van der Waals surface area contributed by atoms with E-state index in [1.54, 1.807) is 42.2 Å². The lowest BCUT2D eigenvalue weighted by atomic mass is 10.1. The van der Waals surface area contributed by atoms with Gasteiger partial charge in [-0.2, -0.15) is 13.2 Å². The van der Waals surface area contributed by atoms with E-state index < -0.39 is 17.8 Å². The van der Waals surface area contributed by atoms with Crippen molar-refractivity contribution < 1.29 is 22.7 Å². The first kappa shape index (κ1) is 20.3. The Morgan fingerprint density at radius 2 is 1.75 bits per heavy atom. The van der Waals surface area contributed by atoms with Gasteiger partial charge < -0.3 is 14.5 Å². The molecule has 0 radical (unpaired) electrons. The number of piperazine rings is 1. The molecule has 1 fully saturated rings. The smallest absolute Gasteiger partial charge is 0.416 e. The Morgan fingerprint density at radius 3 is 2.39 bits per heavy atom. The van der Waals surface area contributed by atoms with Crippen LogP contribution in [0.1, 0.15) is 12.5 Å². The minimum absolute atomic E-state index is 0.177. The summed E-state index contributed by atoms with van der Waals surface area (Å²) in [5.74, 6) is 0.260. The second-order valence-corrected chi connectivity index (χ2v) is 6.96. The number of hydrogen-bond donors (Lipinski definition) is 0. The minimum Gasteiger partial charge on any atom is -0.479 e. The third-order valence-corrected chi connectivity index (χ3v) is 4.93. The zero-order valence-corrected chi connectivity index (χ0v) is 16.0. The number of carbonyl (C=O) groups excluding carboxylic acids is 1. The number of alkyl halides is 3. The van der Waals surface area contributed by atoms with Crippen LogP contribution in [-0.4, -0.2) is 43.1 Å². The molecule has 8 heteroatoms. The van der Waals surface area contributed by atoms with E-state index in [1.807, 2.05) is 4.90 Å². The average Bonchev–Trinajstić information content (AvgIpc) is 2.69. The van der Waals surface area contributed by atoms with Crippen LogP contribution in [-0.2, 0) is 11.0 Å². The second-order valence-electron chi connectivity index (χ2n) is 6.55. The van der Waals surface area contributed by atoms with Crippen LogP contribution in [0.3, 0.4) is 0 Å². The van der Waals surface area contributed by atoms with Gasteiger partial charge in [0, 0.05) is 31.9 Å². The summed E-state index contributed by atoms with van der Waals surface area (Å²) in [6.07, 6.45) is -5.08. The van der Waals surface area contributed by atoms with Crippen molar-refractivity contribution in [2.75, 3.05) is 31.1 Å². The van der Waals surface area contributed by atoms with Gasteiger partial charge in [0.05, 0.1) is 10.6 Å². The van der Waals surface area contributed by atoms with Crippen molar-refractivity contribution in [2.24, 2.45) is 0 Å². The first-order chi connectivity index (χ1) is 13.3. The minimum atomic E-state index is -4.38. The molecule has 1 aliphatic heterocycles. The maximum atomic E-state index is 12.9. The molecule has 1 aliphatic rings. The number of ether oxygens (including phenoxy) is 1. The van der Waals surface area contributed by atoms with E-state index in [-0.39, 0.29) is 5.91 Å². The predicted molar refractivity (Wildman–Crippen MR) is 102 cm³/mol. The fourth-order valence-corrected chi connectivity index (χ4v) is 3.28. The Bertz CT molecular complexity index is 836. The van der Waals surface area contributed by atoms with Gasteiger partial charge in [-0.05, 0) is 37.3 Å². The van der Waals surface area contributed by atoms with Gasteiger partial charge in [-0.25, -0.2) is 0 Å². The Hall–Kier alpha value is -2.41. The lowest BCUT2D eigenvalue weighted by Gasteiger charge is -2.37. The zero-order valence-electron chi connectivity index (χ0n) is 15.2. The van der Waals surface area contributed by atoms with Gasteiger partial charge in [-0.15, -0.1) is 0 Å². The zero-order chi connectivity index (χ0) is 20.3. The van der Waals surface area contributed by atoms with Gasteiger partial charge in [0.15, 0.2) is 6.10 Å². The van der Waals surface area contributed by atoms with Crippen LogP contribution in [0.2, 0.25) is 5.02 Å². The van der Waals surface area contributed by atoms with Crippen molar-refractivity contribution in [1.29, 1.82) is 0 Å². The van der Waals surface area contributed by atoms with Crippen LogP contribution in [0.5, 0.6) is 5.75 Å². The molecule has 28 heavy (non-hydrogen) atoms. The fraction of sp³-hybridized carbons (Fsp3) is 0.350. The highest BCUT2D eigenvalue weighted by molar-refractivity contribution is 6.32. The van der Waals surface area contributed by atoms with E-state index in [2.05, 4.69) is 0 Å². The van der Waals surface area contributed by atoms with E-state index in [4.69, 9.17) is 16.3 Å². The quantitative estimate of drug-likeness (QED) is 0.742. The molecule has 1 saturated heterocycles. The molecule has 150 valence electrons. The molecule has 1 amide bonds. The van der Waals surface area contributed by atoms with Crippen LogP contribution < -0.4 is 9.64 Å². The molecule has 0 saturated carbocycles. The van der Waals surface area contributed by atoms with Crippen molar-refractivity contribution in [3.63, 3.8) is 0 Å². The molecule has 0 bridgehead atoms. The van der Waals surface area contributed by atoms with E-state index in [0.29, 0.717) is 42.6 Å². The van der Waals surface area contributed by atoms with Crippen molar-refractivity contribution in [3.8, 4) is 5.75 Å². The van der Waals surface area contributed by atoms with Crippen LogP contribution in [0, 0.1) is 0 Å². The normalized spacial score (nSPS) is 16.0. The summed E-state index contributed by atoms with van der Waals surface area (Å²) < 4.78 is 44.4. The highest BCUT2D eigenvalue weighted by atomic mass is 35.5. The van der Waals surface area contributed by atoms with Gasteiger partial charge in [0.2, 0.25) is 0 Å². The maximum Gasteiger partial charge on any atom is 0.416 e. The molecule has 0 aromatic heterocycles. The Morgan fingerprint density at radius 1 is 1.07 bits per heavy atom. The Kier molecular flexibility index (Phi) is 6.03. The van der Waals surface area contributed by atoms with Crippen LogP contribution >= 0.6 is 11.6 Å². The Balaban J connectivity index is 1.59. The van der Waals surface area contributed by atoms with Crippen LogP contribution in [0.15, 0.2) is 48.5 Å². The fourth-order valence-electron chi connectivity index (χ4n) is 3.10. The summed E-state index contributed by atoms with van der Waals surface area (Å²) in [5.41, 5.74) is -0.174. The largest absolute Gasteiger partial charge is 0.479 e. The van der Waals surface area contributed by atoms with Crippen molar-refractivity contribution in [1.82, 2.24) is 4.90 Å². The van der Waals surface area contributed by atoms with Gasteiger partial charge in [0.25, 0.3) is 5.91 Å². The molecule has 2 aromatic rings. The van der Waals surface area contributed by atoms with Crippen LogP contribution in [0.4, 0.5) is 18.9 Å². The molecule has 3 rings (SSSR count). The van der Waals surface area contributed by atoms with Gasteiger partial charge >= 0.3 is 6.18 Å². The molecule has 1 atom stereocenters. The topological polar surface area (TPSA) is 32.8 Å². The maximum absolute atomic E-state index is 12.9. The number of carbonyl (C=O) groups is 1. The number of halogens is 4. The summed E-state index contributed by atoms with van der Waals surface area (Å²) in [6, 6.07) is 12.2. The second kappa shape index (κ2) is 8.31. The summed E-state index contributed by atoms with van der Waals surface area (Å²) in [7, 11) is 0. The number of hydrogen-bond acceptors (Lipinski definition) is 3. The summed E-state index contributed by atoms with van der Waals surface area (Å²) in [6.45, 7) is 3.37. The number of para-hydroxylation sites is 1. The molecule has 1 heterocycles. The molecule has 0 N–H and O–H groups in total. The lowest BCUT2D eigenvalue weighted by molar-refractivity contribution is -0.138. The third-order valence-electron chi connectivity index (χ3n) is 4.62. The summed E-state index contributed by atoms with van der Waals surface area (Å²) >= 11 is 6.05. The number of rotatable bonds is 4. The molecular formula is C20H20ClF3N2O2. The molecule has 2 aromatic carbocycles. The summed E-state index contributed by atoms with van der Waals surface area (Å²) in [5, 5.41) is 0.427. The average molecular weight is 413 g/mol. The van der Waals surface area contributed by atoms with E-state index in [9.17, 15) is 18.0 Å². The van der Waals surface area contributed by atoms with E-state index in [1.165, 1.54) is 6.07 Å². The molecule has 0 spiro atoms. The van der Waals surface area contributed by atoms with E-state index in [0.717, 1.165) is 12.1 Å². The molecule has 4 nitrogen and oxygen atoms in total. The highest BCUT2D eigenvalue weighted by Gasteiger charge is 2.31. The number of benzene rings is 2. The SMILES string of the molecule is CC(Oc1ccccc1Cl)C(=O)N1CCN(c2cccc(C(F)(F)F)c2)CC1. The first-order valence-electron chi connectivity index (χ1n) is 8.88. The van der Waals surface area contributed by atoms with Crippen molar-refractivity contribution in [3.05, 3.63) is 59.1 Å². The first-order valence-corrected chi connectivity index (χ1v) is 9.25. The lowest BCUT2D eigenvalue weighted by Crippen LogP contribution is -2.52. The van der Waals surface area contributed by atoms with Gasteiger partial charge in [-0.1, -0.05) is 29.8 Å². The standard InChI is InChI=1S/C20H20ClF3N2O2/c1-14(28-18-8-3-2-7-17(18)21)19(27)26-11-9-25(10-12-26)16-6-4-5-15(13-16)20(22,23)24/h2-8,13-14H,9-12H2,1H3. The number of amides is 1.